The zero-order valence-electron chi connectivity index (χ0n) is 14.0. The summed E-state index contributed by atoms with van der Waals surface area (Å²) in [6.45, 7) is 5.37. The number of hydrogen-bond donors (Lipinski definition) is 2. The molecule has 3 rings (SSSR count). The maximum absolute atomic E-state index is 12.1. The molecule has 1 aliphatic heterocycles. The molecule has 0 saturated heterocycles. The van der Waals surface area contributed by atoms with E-state index < -0.39 is 11.9 Å². The molecule has 2 N–H and O–H groups in total. The molecule has 1 aliphatic rings. The van der Waals surface area contributed by atoms with Gasteiger partial charge in [-0.25, -0.2) is 4.79 Å². The number of carbonyl (C=O) groups excluding carboxylic acids is 1. The molecule has 0 bridgehead atoms. The summed E-state index contributed by atoms with van der Waals surface area (Å²) < 4.78 is 16.1. The molecule has 25 heavy (non-hydrogen) atoms. The number of rotatable bonds is 5. The van der Waals surface area contributed by atoms with Crippen molar-refractivity contribution < 1.29 is 28.6 Å². The van der Waals surface area contributed by atoms with E-state index in [-0.39, 0.29) is 16.9 Å². The van der Waals surface area contributed by atoms with Crippen LogP contribution >= 0.6 is 0 Å². The lowest BCUT2D eigenvalue weighted by molar-refractivity contribution is 0.0659. The molecule has 1 aromatic heterocycles. The van der Waals surface area contributed by atoms with Crippen LogP contribution in [0.15, 0.2) is 34.7 Å². The Balaban J connectivity index is 1.68. The normalized spacial score (nSPS) is 13.4. The molecule has 0 saturated carbocycles. The average molecular weight is 345 g/mol. The Morgan fingerprint density at radius 2 is 1.76 bits per heavy atom. The number of carboxylic acid groups (broad SMARTS) is 1. The topological polar surface area (TPSA) is 98.0 Å². The zero-order valence-corrected chi connectivity index (χ0v) is 14.0. The summed E-state index contributed by atoms with van der Waals surface area (Å²) in [5.74, 6) is -0.563. The van der Waals surface area contributed by atoms with Gasteiger partial charge in [-0.15, -0.1) is 0 Å². The van der Waals surface area contributed by atoms with Crippen LogP contribution in [0.1, 0.15) is 40.5 Å². The van der Waals surface area contributed by atoms with Crippen molar-refractivity contribution in [2.45, 2.75) is 19.3 Å². The van der Waals surface area contributed by atoms with E-state index in [9.17, 15) is 9.59 Å². The van der Waals surface area contributed by atoms with Crippen molar-refractivity contribution in [2.75, 3.05) is 19.8 Å². The van der Waals surface area contributed by atoms with Crippen molar-refractivity contribution in [2.24, 2.45) is 0 Å². The summed E-state index contributed by atoms with van der Waals surface area (Å²) in [6, 6.07) is 8.31. The van der Waals surface area contributed by atoms with Gasteiger partial charge in [0, 0.05) is 12.0 Å². The van der Waals surface area contributed by atoms with Crippen LogP contribution in [0.5, 0.6) is 11.5 Å². The third-order valence-corrected chi connectivity index (χ3v) is 4.06. The van der Waals surface area contributed by atoms with E-state index in [1.54, 1.807) is 0 Å². The van der Waals surface area contributed by atoms with Gasteiger partial charge in [0.25, 0.3) is 5.91 Å². The van der Waals surface area contributed by atoms with Gasteiger partial charge < -0.3 is 24.3 Å². The first-order valence-electron chi connectivity index (χ1n) is 7.88. The minimum atomic E-state index is -1.21. The zero-order chi connectivity index (χ0) is 18.0. The number of carboxylic acids is 1. The van der Waals surface area contributed by atoms with Crippen LogP contribution in [0.3, 0.4) is 0 Å². The lowest BCUT2D eigenvalue weighted by Gasteiger charge is -2.27. The highest BCUT2D eigenvalue weighted by Crippen LogP contribution is 2.34. The van der Waals surface area contributed by atoms with Gasteiger partial charge >= 0.3 is 5.97 Å². The number of furan rings is 1. The molecule has 7 nitrogen and oxygen atoms in total. The van der Waals surface area contributed by atoms with Crippen molar-refractivity contribution >= 4 is 11.9 Å². The molecule has 0 fully saturated rings. The van der Waals surface area contributed by atoms with Crippen LogP contribution in [0.4, 0.5) is 0 Å². The van der Waals surface area contributed by atoms with E-state index >= 15 is 0 Å². The number of amides is 1. The van der Waals surface area contributed by atoms with Gasteiger partial charge in [0.05, 0.1) is 0 Å². The number of aromatic carboxylic acids is 1. The molecule has 2 aromatic rings. The number of nitrogens with one attached hydrogen (secondary N) is 1. The predicted molar refractivity (Wildman–Crippen MR) is 88.5 cm³/mol. The largest absolute Gasteiger partial charge is 0.486 e. The van der Waals surface area contributed by atoms with Crippen molar-refractivity contribution in [3.8, 4) is 11.5 Å². The summed E-state index contributed by atoms with van der Waals surface area (Å²) >= 11 is 0. The van der Waals surface area contributed by atoms with Crippen LogP contribution in [0.2, 0.25) is 0 Å². The van der Waals surface area contributed by atoms with E-state index in [1.165, 1.54) is 12.1 Å². The lowest BCUT2D eigenvalue weighted by Crippen LogP contribution is -2.36. The highest BCUT2D eigenvalue weighted by atomic mass is 16.6. The Kier molecular flexibility index (Phi) is 4.39. The fourth-order valence-electron chi connectivity index (χ4n) is 2.53. The summed E-state index contributed by atoms with van der Waals surface area (Å²) in [6.07, 6.45) is 0. The quantitative estimate of drug-likeness (QED) is 0.864. The van der Waals surface area contributed by atoms with Crippen LogP contribution in [0.25, 0.3) is 0 Å². The van der Waals surface area contributed by atoms with E-state index in [0.717, 1.165) is 5.56 Å². The Morgan fingerprint density at radius 1 is 1.08 bits per heavy atom. The van der Waals surface area contributed by atoms with Crippen molar-refractivity contribution in [1.82, 2.24) is 5.32 Å². The first-order chi connectivity index (χ1) is 11.9. The van der Waals surface area contributed by atoms with Crippen molar-refractivity contribution in [3.63, 3.8) is 0 Å². The fourth-order valence-corrected chi connectivity index (χ4v) is 2.53. The Hall–Kier alpha value is -2.96. The second-order valence-electron chi connectivity index (χ2n) is 6.39. The number of carbonyl (C=O) groups is 2. The summed E-state index contributed by atoms with van der Waals surface area (Å²) in [7, 11) is 0. The molecule has 2 heterocycles. The second-order valence-corrected chi connectivity index (χ2v) is 6.39. The highest BCUT2D eigenvalue weighted by Gasteiger charge is 2.25. The Bertz CT molecular complexity index is 808. The maximum atomic E-state index is 12.1. The summed E-state index contributed by atoms with van der Waals surface area (Å²) in [5.41, 5.74) is 0.621. The van der Waals surface area contributed by atoms with E-state index in [4.69, 9.17) is 19.0 Å². The minimum Gasteiger partial charge on any atom is -0.486 e. The van der Waals surface area contributed by atoms with E-state index in [1.807, 2.05) is 32.0 Å². The summed E-state index contributed by atoms with van der Waals surface area (Å²) in [5, 5.41) is 11.6. The molecule has 0 spiro atoms. The van der Waals surface area contributed by atoms with Crippen LogP contribution < -0.4 is 14.8 Å². The highest BCUT2D eigenvalue weighted by molar-refractivity contribution is 5.93. The predicted octanol–water partition coefficient (Wildman–Crippen LogP) is 2.46. The fraction of sp³-hybridized carbons (Fsp3) is 0.333. The third kappa shape index (κ3) is 3.60. The van der Waals surface area contributed by atoms with Crippen LogP contribution in [0, 0.1) is 0 Å². The molecule has 1 aromatic carbocycles. The Morgan fingerprint density at radius 3 is 2.44 bits per heavy atom. The van der Waals surface area contributed by atoms with Gasteiger partial charge in [-0.3, -0.25) is 4.79 Å². The molecule has 132 valence electrons. The van der Waals surface area contributed by atoms with Gasteiger partial charge in [0.15, 0.2) is 17.3 Å². The molecule has 0 radical (unpaired) electrons. The van der Waals surface area contributed by atoms with Crippen molar-refractivity contribution in [3.05, 3.63) is 47.4 Å². The molecular formula is C18H19NO6. The first kappa shape index (κ1) is 16.9. The molecule has 1 amide bonds. The molecule has 0 atom stereocenters. The number of ether oxygens (including phenoxy) is 2. The second kappa shape index (κ2) is 6.51. The molecular weight excluding hydrogens is 326 g/mol. The molecule has 7 heteroatoms. The van der Waals surface area contributed by atoms with E-state index in [0.29, 0.717) is 31.3 Å². The number of benzene rings is 1. The van der Waals surface area contributed by atoms with Gasteiger partial charge in [0.1, 0.15) is 13.2 Å². The first-order valence-corrected chi connectivity index (χ1v) is 7.88. The number of hydrogen-bond acceptors (Lipinski definition) is 5. The molecule has 0 aliphatic carbocycles. The lowest BCUT2D eigenvalue weighted by atomic mass is 9.84. The minimum absolute atomic E-state index is 0.0321. The third-order valence-electron chi connectivity index (χ3n) is 4.06. The Labute approximate surface area is 144 Å². The van der Waals surface area contributed by atoms with Gasteiger partial charge in [-0.1, -0.05) is 19.9 Å². The van der Waals surface area contributed by atoms with Gasteiger partial charge in [-0.05, 0) is 29.8 Å². The number of fused-ring (bicyclic) bond motifs is 1. The van der Waals surface area contributed by atoms with Crippen molar-refractivity contribution in [1.29, 1.82) is 0 Å². The van der Waals surface area contributed by atoms with E-state index in [2.05, 4.69) is 5.32 Å². The standard InChI is InChI=1S/C18H19NO6/c1-18(2,11-3-4-12-15(9-11)24-8-7-23-12)10-19-16(20)13-5-6-14(25-13)17(21)22/h3-6,9H,7-8,10H2,1-2H3,(H,19,20)(H,21,22). The van der Waals surface area contributed by atoms with Gasteiger partial charge in [0.2, 0.25) is 5.76 Å². The molecule has 0 unspecified atom stereocenters. The smallest absolute Gasteiger partial charge is 0.371 e. The summed E-state index contributed by atoms with van der Waals surface area (Å²) in [4.78, 5) is 23.0. The maximum Gasteiger partial charge on any atom is 0.371 e. The van der Waals surface area contributed by atoms with Crippen LogP contribution in [-0.2, 0) is 5.41 Å². The monoisotopic (exact) mass is 345 g/mol. The van der Waals surface area contributed by atoms with Crippen LogP contribution in [-0.4, -0.2) is 36.7 Å². The van der Waals surface area contributed by atoms with Gasteiger partial charge in [-0.2, -0.15) is 0 Å². The average Bonchev–Trinajstić information content (AvgIpc) is 3.10. The SMILES string of the molecule is CC(C)(CNC(=O)c1ccc(C(=O)O)o1)c1ccc2c(c1)OCCO2.